The van der Waals surface area contributed by atoms with Crippen molar-refractivity contribution in [2.75, 3.05) is 6.54 Å². The Balaban J connectivity index is 3.04. The normalized spacial score (nSPS) is 10.3. The molecule has 1 aromatic carbocycles. The highest BCUT2D eigenvalue weighted by Gasteiger charge is 2.07. The monoisotopic (exact) mass is 191 g/mol. The van der Waals surface area contributed by atoms with E-state index in [0.29, 0.717) is 18.5 Å². The van der Waals surface area contributed by atoms with Crippen molar-refractivity contribution >= 4 is 11.6 Å². The summed E-state index contributed by atoms with van der Waals surface area (Å²) in [6.45, 7) is 0.362. The molecule has 66 valence electrons. The highest BCUT2D eigenvalue weighted by Crippen LogP contribution is 2.20. The van der Waals surface area contributed by atoms with Gasteiger partial charge in [0.1, 0.15) is 16.7 Å². The summed E-state index contributed by atoms with van der Waals surface area (Å²) in [5, 5.41) is -0.462. The summed E-state index contributed by atoms with van der Waals surface area (Å²) in [6, 6.07) is 2.39. The Morgan fingerprint density at radius 3 is 2.17 bits per heavy atom. The van der Waals surface area contributed by atoms with Gasteiger partial charge in [0.05, 0.1) is 0 Å². The number of nitrogens with two attached hydrogens (primary N) is 1. The van der Waals surface area contributed by atoms with Crippen molar-refractivity contribution in [1.82, 2.24) is 0 Å². The fourth-order valence-corrected chi connectivity index (χ4v) is 1.03. The lowest BCUT2D eigenvalue weighted by molar-refractivity contribution is 0.580. The molecular weight excluding hydrogens is 184 g/mol. The number of hydrogen-bond donors (Lipinski definition) is 1. The van der Waals surface area contributed by atoms with E-state index in [0.717, 1.165) is 0 Å². The third kappa shape index (κ3) is 1.93. The van der Waals surface area contributed by atoms with Gasteiger partial charge in [0.25, 0.3) is 0 Å². The maximum atomic E-state index is 12.8. The van der Waals surface area contributed by atoms with Crippen molar-refractivity contribution in [3.63, 3.8) is 0 Å². The van der Waals surface area contributed by atoms with E-state index in [1.54, 1.807) is 0 Å². The molecule has 2 N–H and O–H groups in total. The van der Waals surface area contributed by atoms with Crippen molar-refractivity contribution in [1.29, 1.82) is 0 Å². The van der Waals surface area contributed by atoms with E-state index >= 15 is 0 Å². The summed E-state index contributed by atoms with van der Waals surface area (Å²) in [5.41, 5.74) is 5.75. The van der Waals surface area contributed by atoms with Gasteiger partial charge in [0.15, 0.2) is 0 Å². The molecule has 1 rings (SSSR count). The maximum Gasteiger partial charge on any atom is 0.145 e. The summed E-state index contributed by atoms with van der Waals surface area (Å²) in [7, 11) is 0. The van der Waals surface area contributed by atoms with Crippen LogP contribution in [0.15, 0.2) is 12.1 Å². The van der Waals surface area contributed by atoms with Crippen LogP contribution in [-0.4, -0.2) is 6.54 Å². The highest BCUT2D eigenvalue weighted by molar-refractivity contribution is 6.30. The zero-order valence-electron chi connectivity index (χ0n) is 6.28. The minimum Gasteiger partial charge on any atom is -0.330 e. The van der Waals surface area contributed by atoms with Gasteiger partial charge >= 0.3 is 0 Å². The topological polar surface area (TPSA) is 26.0 Å². The number of rotatable bonds is 2. The SMILES string of the molecule is NCCc1cc(F)c(Cl)c(F)c1. The van der Waals surface area contributed by atoms with Gasteiger partial charge < -0.3 is 5.73 Å². The average Bonchev–Trinajstić information content (AvgIpc) is 2.01. The van der Waals surface area contributed by atoms with Crippen LogP contribution in [-0.2, 0) is 6.42 Å². The molecule has 1 aromatic rings. The van der Waals surface area contributed by atoms with Crippen molar-refractivity contribution in [3.8, 4) is 0 Å². The molecule has 0 aliphatic carbocycles. The molecule has 0 atom stereocenters. The Labute approximate surface area is 74.1 Å². The first-order valence-electron chi connectivity index (χ1n) is 3.48. The molecule has 0 aliphatic heterocycles. The molecule has 0 heterocycles. The summed E-state index contributed by atoms with van der Waals surface area (Å²) < 4.78 is 25.5. The van der Waals surface area contributed by atoms with E-state index in [4.69, 9.17) is 17.3 Å². The van der Waals surface area contributed by atoms with E-state index in [-0.39, 0.29) is 0 Å². The van der Waals surface area contributed by atoms with Crippen molar-refractivity contribution in [3.05, 3.63) is 34.4 Å². The van der Waals surface area contributed by atoms with Crippen LogP contribution in [0.4, 0.5) is 8.78 Å². The minimum atomic E-state index is -0.736. The van der Waals surface area contributed by atoms with E-state index in [2.05, 4.69) is 0 Å². The summed E-state index contributed by atoms with van der Waals surface area (Å²) >= 11 is 5.27. The van der Waals surface area contributed by atoms with E-state index in [1.165, 1.54) is 12.1 Å². The second-order valence-electron chi connectivity index (χ2n) is 2.41. The van der Waals surface area contributed by atoms with Gasteiger partial charge in [-0.15, -0.1) is 0 Å². The first kappa shape index (κ1) is 9.42. The summed E-state index contributed by atoms with van der Waals surface area (Å²) in [6.07, 6.45) is 0.449. The molecule has 0 saturated carbocycles. The van der Waals surface area contributed by atoms with Gasteiger partial charge in [-0.05, 0) is 30.7 Å². The van der Waals surface area contributed by atoms with E-state index in [9.17, 15) is 8.78 Å². The van der Waals surface area contributed by atoms with E-state index in [1.807, 2.05) is 0 Å². The van der Waals surface area contributed by atoms with Crippen LogP contribution >= 0.6 is 11.6 Å². The molecule has 0 spiro atoms. The first-order valence-corrected chi connectivity index (χ1v) is 3.86. The third-order valence-electron chi connectivity index (χ3n) is 1.48. The lowest BCUT2D eigenvalue weighted by Crippen LogP contribution is -2.03. The largest absolute Gasteiger partial charge is 0.330 e. The van der Waals surface area contributed by atoms with E-state index < -0.39 is 16.7 Å². The van der Waals surface area contributed by atoms with Crippen molar-refractivity contribution in [2.45, 2.75) is 6.42 Å². The maximum absolute atomic E-state index is 12.8. The number of benzene rings is 1. The summed E-state index contributed by atoms with van der Waals surface area (Å²) in [5.74, 6) is -1.47. The Morgan fingerprint density at radius 2 is 1.75 bits per heavy atom. The lowest BCUT2D eigenvalue weighted by atomic mass is 10.1. The highest BCUT2D eigenvalue weighted by atomic mass is 35.5. The van der Waals surface area contributed by atoms with Crippen LogP contribution in [0.1, 0.15) is 5.56 Å². The lowest BCUT2D eigenvalue weighted by Gasteiger charge is -2.01. The second-order valence-corrected chi connectivity index (χ2v) is 2.79. The fourth-order valence-electron chi connectivity index (χ4n) is 0.919. The molecule has 0 unspecified atom stereocenters. The van der Waals surface area contributed by atoms with Gasteiger partial charge in [0.2, 0.25) is 0 Å². The molecule has 1 nitrogen and oxygen atoms in total. The van der Waals surface area contributed by atoms with Crippen molar-refractivity contribution in [2.24, 2.45) is 5.73 Å². The Morgan fingerprint density at radius 1 is 1.25 bits per heavy atom. The number of hydrogen-bond acceptors (Lipinski definition) is 1. The molecule has 0 radical (unpaired) electrons. The smallest absolute Gasteiger partial charge is 0.145 e. The van der Waals surface area contributed by atoms with Crippen LogP contribution in [0.2, 0.25) is 5.02 Å². The van der Waals surface area contributed by atoms with Crippen LogP contribution < -0.4 is 5.73 Å². The molecule has 0 bridgehead atoms. The third-order valence-corrected chi connectivity index (χ3v) is 1.84. The molecular formula is C8H8ClF2N. The molecule has 0 fully saturated rings. The van der Waals surface area contributed by atoms with Gasteiger partial charge in [-0.2, -0.15) is 0 Å². The van der Waals surface area contributed by atoms with Crippen LogP contribution in [0, 0.1) is 11.6 Å². The fraction of sp³-hybridized carbons (Fsp3) is 0.250. The van der Waals surface area contributed by atoms with Crippen LogP contribution in [0.25, 0.3) is 0 Å². The van der Waals surface area contributed by atoms with Gasteiger partial charge in [0, 0.05) is 0 Å². The average molecular weight is 192 g/mol. The molecule has 0 aromatic heterocycles. The Hall–Kier alpha value is -0.670. The molecule has 0 aliphatic rings. The van der Waals surface area contributed by atoms with Gasteiger partial charge in [-0.1, -0.05) is 11.6 Å². The van der Waals surface area contributed by atoms with Crippen LogP contribution in [0.5, 0.6) is 0 Å². The van der Waals surface area contributed by atoms with Gasteiger partial charge in [-0.25, -0.2) is 8.78 Å². The predicted octanol–water partition coefficient (Wildman–Crippen LogP) is 2.12. The molecule has 4 heteroatoms. The first-order chi connectivity index (χ1) is 5.65. The molecule has 0 amide bonds. The predicted molar refractivity (Wildman–Crippen MR) is 44.1 cm³/mol. The quantitative estimate of drug-likeness (QED) is 0.712. The zero-order valence-corrected chi connectivity index (χ0v) is 7.04. The van der Waals surface area contributed by atoms with Crippen molar-refractivity contribution < 1.29 is 8.78 Å². The molecule has 12 heavy (non-hydrogen) atoms. The zero-order chi connectivity index (χ0) is 9.14. The Kier molecular flexibility index (Phi) is 3.00. The Bertz CT molecular complexity index is 265. The summed E-state index contributed by atoms with van der Waals surface area (Å²) in [4.78, 5) is 0. The second kappa shape index (κ2) is 3.83. The van der Waals surface area contributed by atoms with Gasteiger partial charge in [-0.3, -0.25) is 0 Å². The molecule has 0 saturated heterocycles. The minimum absolute atomic E-state index is 0.362. The standard InChI is InChI=1S/C8H8ClF2N/c9-8-6(10)3-5(1-2-12)4-7(8)11/h3-4H,1-2,12H2. The number of halogens is 3. The van der Waals surface area contributed by atoms with Crippen LogP contribution in [0.3, 0.4) is 0 Å².